The highest BCUT2D eigenvalue weighted by Crippen LogP contribution is 2.18. The molecule has 0 amide bonds. The first kappa shape index (κ1) is 12.5. The molecule has 1 fully saturated rings. The van der Waals surface area contributed by atoms with Crippen molar-refractivity contribution in [2.75, 3.05) is 19.6 Å². The summed E-state index contributed by atoms with van der Waals surface area (Å²) in [7, 11) is 0. The SMILES string of the molecule is CC(C)CN1CCC(Cn2cc(CO)nn2)C1. The van der Waals surface area contributed by atoms with Gasteiger partial charge in [-0.3, -0.25) is 4.68 Å². The number of hydrogen-bond donors (Lipinski definition) is 1. The minimum atomic E-state index is -0.0237. The summed E-state index contributed by atoms with van der Waals surface area (Å²) >= 11 is 0. The molecule has 5 nitrogen and oxygen atoms in total. The van der Waals surface area contributed by atoms with Crippen LogP contribution < -0.4 is 0 Å². The number of aliphatic hydroxyl groups excluding tert-OH is 1. The van der Waals surface area contributed by atoms with Crippen LogP contribution in [0.3, 0.4) is 0 Å². The molecular weight excluding hydrogens is 216 g/mol. The Kier molecular flexibility index (Phi) is 4.12. The Balaban J connectivity index is 1.81. The zero-order chi connectivity index (χ0) is 12.3. The van der Waals surface area contributed by atoms with E-state index in [9.17, 15) is 0 Å². The predicted octanol–water partition coefficient (Wildman–Crippen LogP) is 0.748. The van der Waals surface area contributed by atoms with Gasteiger partial charge in [0.1, 0.15) is 5.69 Å². The molecule has 1 aromatic rings. The fraction of sp³-hybridized carbons (Fsp3) is 0.833. The largest absolute Gasteiger partial charge is 0.390 e. The summed E-state index contributed by atoms with van der Waals surface area (Å²) in [6, 6.07) is 0. The average molecular weight is 238 g/mol. The third kappa shape index (κ3) is 3.51. The Bertz CT molecular complexity index is 350. The molecule has 0 aliphatic carbocycles. The van der Waals surface area contributed by atoms with Gasteiger partial charge in [-0.15, -0.1) is 5.10 Å². The van der Waals surface area contributed by atoms with Gasteiger partial charge in [0, 0.05) is 19.6 Å². The van der Waals surface area contributed by atoms with E-state index in [1.807, 2.05) is 10.9 Å². The van der Waals surface area contributed by atoms with Crippen LogP contribution in [0.4, 0.5) is 0 Å². The monoisotopic (exact) mass is 238 g/mol. The van der Waals surface area contributed by atoms with Crippen LogP contribution in [0.1, 0.15) is 26.0 Å². The summed E-state index contributed by atoms with van der Waals surface area (Å²) in [5, 5.41) is 16.8. The van der Waals surface area contributed by atoms with Gasteiger partial charge in [0.05, 0.1) is 12.8 Å². The molecule has 1 saturated heterocycles. The Morgan fingerprint density at radius 2 is 2.35 bits per heavy atom. The lowest BCUT2D eigenvalue weighted by molar-refractivity contribution is 0.276. The van der Waals surface area contributed by atoms with Gasteiger partial charge in [-0.2, -0.15) is 0 Å². The van der Waals surface area contributed by atoms with Crippen LogP contribution in [0, 0.1) is 11.8 Å². The Labute approximate surface area is 102 Å². The first-order chi connectivity index (χ1) is 8.17. The van der Waals surface area contributed by atoms with Crippen molar-refractivity contribution in [3.63, 3.8) is 0 Å². The van der Waals surface area contributed by atoms with Crippen LogP contribution in [0.5, 0.6) is 0 Å². The fourth-order valence-electron chi connectivity index (χ4n) is 2.51. The first-order valence-electron chi connectivity index (χ1n) is 6.39. The van der Waals surface area contributed by atoms with Gasteiger partial charge in [0.25, 0.3) is 0 Å². The van der Waals surface area contributed by atoms with Crippen molar-refractivity contribution in [3.8, 4) is 0 Å². The summed E-state index contributed by atoms with van der Waals surface area (Å²) in [5.41, 5.74) is 0.655. The smallest absolute Gasteiger partial charge is 0.108 e. The molecule has 1 N–H and O–H groups in total. The molecule has 0 radical (unpaired) electrons. The topological polar surface area (TPSA) is 54.2 Å². The van der Waals surface area contributed by atoms with Crippen LogP contribution in [-0.2, 0) is 13.2 Å². The van der Waals surface area contributed by atoms with Gasteiger partial charge in [0.15, 0.2) is 0 Å². The number of likely N-dealkylation sites (tertiary alicyclic amines) is 1. The van der Waals surface area contributed by atoms with Crippen LogP contribution >= 0.6 is 0 Å². The normalized spacial score (nSPS) is 21.5. The third-order valence-electron chi connectivity index (χ3n) is 3.19. The minimum absolute atomic E-state index is 0.0237. The summed E-state index contributed by atoms with van der Waals surface area (Å²) in [6.45, 7) is 8.97. The van der Waals surface area contributed by atoms with Gasteiger partial charge in [-0.25, -0.2) is 0 Å². The van der Waals surface area contributed by atoms with Crippen molar-refractivity contribution < 1.29 is 5.11 Å². The molecule has 1 atom stereocenters. The third-order valence-corrected chi connectivity index (χ3v) is 3.19. The maximum Gasteiger partial charge on any atom is 0.108 e. The van der Waals surface area contributed by atoms with Crippen molar-refractivity contribution in [1.82, 2.24) is 19.9 Å². The molecule has 1 unspecified atom stereocenters. The summed E-state index contributed by atoms with van der Waals surface area (Å²) in [6.07, 6.45) is 3.08. The van der Waals surface area contributed by atoms with E-state index in [4.69, 9.17) is 5.11 Å². The molecule has 5 heteroatoms. The Morgan fingerprint density at radius 3 is 3.00 bits per heavy atom. The molecule has 1 aliphatic heterocycles. The Hall–Kier alpha value is -0.940. The molecule has 17 heavy (non-hydrogen) atoms. The molecule has 0 saturated carbocycles. The highest BCUT2D eigenvalue weighted by Gasteiger charge is 2.23. The molecule has 1 aliphatic rings. The lowest BCUT2D eigenvalue weighted by atomic mass is 10.1. The van der Waals surface area contributed by atoms with E-state index in [0.29, 0.717) is 11.6 Å². The van der Waals surface area contributed by atoms with Crippen LogP contribution in [0.25, 0.3) is 0 Å². The van der Waals surface area contributed by atoms with Crippen molar-refractivity contribution in [1.29, 1.82) is 0 Å². The van der Waals surface area contributed by atoms with E-state index in [-0.39, 0.29) is 6.61 Å². The second-order valence-electron chi connectivity index (χ2n) is 5.40. The molecule has 0 bridgehead atoms. The maximum absolute atomic E-state index is 8.93. The zero-order valence-electron chi connectivity index (χ0n) is 10.7. The number of aromatic nitrogens is 3. The molecule has 0 aromatic carbocycles. The predicted molar refractivity (Wildman–Crippen MR) is 65.3 cm³/mol. The van der Waals surface area contributed by atoms with Crippen LogP contribution in [0.15, 0.2) is 6.20 Å². The summed E-state index contributed by atoms with van der Waals surface area (Å²) in [4.78, 5) is 2.53. The quantitative estimate of drug-likeness (QED) is 0.822. The fourth-order valence-corrected chi connectivity index (χ4v) is 2.51. The van der Waals surface area contributed by atoms with E-state index in [1.54, 1.807) is 0 Å². The number of aliphatic hydroxyl groups is 1. The highest BCUT2D eigenvalue weighted by atomic mass is 16.3. The second-order valence-corrected chi connectivity index (χ2v) is 5.40. The van der Waals surface area contributed by atoms with E-state index in [0.717, 1.165) is 19.0 Å². The van der Waals surface area contributed by atoms with Gasteiger partial charge in [-0.05, 0) is 24.8 Å². The van der Waals surface area contributed by atoms with Gasteiger partial charge >= 0.3 is 0 Å². The number of rotatable bonds is 5. The van der Waals surface area contributed by atoms with E-state index < -0.39 is 0 Å². The average Bonchev–Trinajstić information content (AvgIpc) is 2.88. The van der Waals surface area contributed by atoms with Crippen molar-refractivity contribution in [3.05, 3.63) is 11.9 Å². The number of hydrogen-bond acceptors (Lipinski definition) is 4. The molecular formula is C12H22N4O. The lowest BCUT2D eigenvalue weighted by Crippen LogP contribution is -2.26. The van der Waals surface area contributed by atoms with E-state index >= 15 is 0 Å². The van der Waals surface area contributed by atoms with Crippen molar-refractivity contribution >= 4 is 0 Å². The first-order valence-corrected chi connectivity index (χ1v) is 6.39. The van der Waals surface area contributed by atoms with Gasteiger partial charge in [-0.1, -0.05) is 19.1 Å². The van der Waals surface area contributed by atoms with Crippen molar-refractivity contribution in [2.45, 2.75) is 33.4 Å². The molecule has 2 rings (SSSR count). The van der Waals surface area contributed by atoms with Crippen LogP contribution in [0.2, 0.25) is 0 Å². The molecule has 0 spiro atoms. The van der Waals surface area contributed by atoms with Crippen LogP contribution in [-0.4, -0.2) is 44.6 Å². The molecule has 2 heterocycles. The summed E-state index contributed by atoms with van der Waals surface area (Å²) in [5.74, 6) is 1.41. The van der Waals surface area contributed by atoms with E-state index in [1.165, 1.54) is 19.5 Å². The Morgan fingerprint density at radius 1 is 1.53 bits per heavy atom. The minimum Gasteiger partial charge on any atom is -0.390 e. The number of nitrogens with zero attached hydrogens (tertiary/aromatic N) is 4. The zero-order valence-corrected chi connectivity index (χ0v) is 10.7. The highest BCUT2D eigenvalue weighted by molar-refractivity contribution is 4.89. The van der Waals surface area contributed by atoms with Gasteiger partial charge in [0.2, 0.25) is 0 Å². The second kappa shape index (κ2) is 5.60. The standard InChI is InChI=1S/C12H22N4O/c1-10(2)5-15-4-3-11(6-15)7-16-8-12(9-17)13-14-16/h8,10-11,17H,3-7,9H2,1-2H3. The van der Waals surface area contributed by atoms with E-state index in [2.05, 4.69) is 29.1 Å². The van der Waals surface area contributed by atoms with Gasteiger partial charge < -0.3 is 10.0 Å². The lowest BCUT2D eigenvalue weighted by Gasteiger charge is -2.18. The maximum atomic E-state index is 8.93. The summed E-state index contributed by atoms with van der Waals surface area (Å²) < 4.78 is 1.86. The molecule has 1 aromatic heterocycles. The van der Waals surface area contributed by atoms with Crippen molar-refractivity contribution in [2.24, 2.45) is 11.8 Å². The molecule has 96 valence electrons.